The first-order valence-corrected chi connectivity index (χ1v) is 9.56. The minimum Gasteiger partial charge on any atom is -0.486 e. The number of fused-ring (bicyclic) bond motifs is 1. The lowest BCUT2D eigenvalue weighted by atomic mass is 10.1. The summed E-state index contributed by atoms with van der Waals surface area (Å²) in [4.78, 5) is 12.4. The second kappa shape index (κ2) is 8.35. The van der Waals surface area contributed by atoms with Crippen LogP contribution in [0.5, 0.6) is 17.2 Å². The van der Waals surface area contributed by atoms with Gasteiger partial charge in [0, 0.05) is 5.56 Å². The summed E-state index contributed by atoms with van der Waals surface area (Å²) in [5, 5.41) is 0. The highest BCUT2D eigenvalue weighted by atomic mass is 79.9. The van der Waals surface area contributed by atoms with Crippen molar-refractivity contribution in [2.24, 2.45) is 0 Å². The van der Waals surface area contributed by atoms with Gasteiger partial charge >= 0.3 is 0 Å². The Morgan fingerprint density at radius 3 is 2.71 bits per heavy atom. The SMILES string of the molecule is O=C(/C=C/c1ccc(COc2ccccc2Br)o1)c1ccc2c(c1)OCCO2. The highest BCUT2D eigenvalue weighted by Crippen LogP contribution is 2.31. The Morgan fingerprint density at radius 1 is 1.04 bits per heavy atom. The number of furan rings is 1. The number of allylic oxidation sites excluding steroid dienone is 1. The lowest BCUT2D eigenvalue weighted by molar-refractivity contribution is 0.104. The highest BCUT2D eigenvalue weighted by Gasteiger charge is 2.14. The Bertz CT molecular complexity index is 1020. The summed E-state index contributed by atoms with van der Waals surface area (Å²) in [6, 6.07) is 16.4. The average molecular weight is 441 g/mol. The molecule has 0 amide bonds. The van der Waals surface area contributed by atoms with Gasteiger partial charge in [0.25, 0.3) is 0 Å². The number of para-hydroxylation sites is 1. The van der Waals surface area contributed by atoms with E-state index < -0.39 is 0 Å². The van der Waals surface area contributed by atoms with E-state index in [-0.39, 0.29) is 5.78 Å². The zero-order valence-corrected chi connectivity index (χ0v) is 16.5. The van der Waals surface area contributed by atoms with E-state index in [0.29, 0.717) is 48.4 Å². The third-order valence-electron chi connectivity index (χ3n) is 4.11. The van der Waals surface area contributed by atoms with Crippen molar-refractivity contribution >= 4 is 27.8 Å². The molecule has 5 nitrogen and oxygen atoms in total. The van der Waals surface area contributed by atoms with Gasteiger partial charge in [-0.3, -0.25) is 4.79 Å². The molecule has 1 aromatic heterocycles. The van der Waals surface area contributed by atoms with Gasteiger partial charge in [-0.05, 0) is 70.5 Å². The van der Waals surface area contributed by atoms with Gasteiger partial charge in [0.05, 0.1) is 4.47 Å². The largest absolute Gasteiger partial charge is 0.486 e. The zero-order chi connectivity index (χ0) is 19.3. The van der Waals surface area contributed by atoms with E-state index in [0.717, 1.165) is 10.2 Å². The van der Waals surface area contributed by atoms with Crippen molar-refractivity contribution in [2.75, 3.05) is 13.2 Å². The maximum Gasteiger partial charge on any atom is 0.186 e. The molecule has 0 radical (unpaired) electrons. The zero-order valence-electron chi connectivity index (χ0n) is 14.9. The number of carbonyl (C=O) groups is 1. The van der Waals surface area contributed by atoms with Gasteiger partial charge < -0.3 is 18.6 Å². The minimum atomic E-state index is -0.139. The predicted octanol–water partition coefficient (Wildman–Crippen LogP) is 5.29. The third-order valence-corrected chi connectivity index (χ3v) is 4.77. The summed E-state index contributed by atoms with van der Waals surface area (Å²) >= 11 is 3.44. The van der Waals surface area contributed by atoms with Crippen molar-refractivity contribution in [1.29, 1.82) is 0 Å². The maximum atomic E-state index is 12.4. The Hall–Kier alpha value is -2.99. The van der Waals surface area contributed by atoms with Gasteiger partial charge in [0.15, 0.2) is 17.3 Å². The average Bonchev–Trinajstić information content (AvgIpc) is 3.19. The van der Waals surface area contributed by atoms with E-state index in [4.69, 9.17) is 18.6 Å². The van der Waals surface area contributed by atoms with Crippen LogP contribution in [-0.2, 0) is 6.61 Å². The van der Waals surface area contributed by atoms with Gasteiger partial charge in [-0.1, -0.05) is 12.1 Å². The fourth-order valence-electron chi connectivity index (χ4n) is 2.72. The van der Waals surface area contributed by atoms with Crippen LogP contribution in [0.1, 0.15) is 21.9 Å². The molecule has 28 heavy (non-hydrogen) atoms. The molecule has 0 saturated heterocycles. The molecule has 0 fully saturated rings. The summed E-state index contributed by atoms with van der Waals surface area (Å²) in [6.07, 6.45) is 3.11. The summed E-state index contributed by atoms with van der Waals surface area (Å²) in [5.74, 6) is 3.10. The molecular weight excluding hydrogens is 424 g/mol. The fraction of sp³-hybridized carbons (Fsp3) is 0.136. The molecule has 0 spiro atoms. The Morgan fingerprint density at radius 2 is 1.86 bits per heavy atom. The second-order valence-corrected chi connectivity index (χ2v) is 6.93. The first kappa shape index (κ1) is 18.4. The number of carbonyl (C=O) groups excluding carboxylic acids is 1. The van der Waals surface area contributed by atoms with Gasteiger partial charge in [0.2, 0.25) is 0 Å². The summed E-state index contributed by atoms with van der Waals surface area (Å²) in [5.41, 5.74) is 0.532. The Kier molecular flexibility index (Phi) is 5.48. The molecule has 1 aliphatic heterocycles. The number of halogens is 1. The van der Waals surface area contributed by atoms with Crippen molar-refractivity contribution in [1.82, 2.24) is 0 Å². The summed E-state index contributed by atoms with van der Waals surface area (Å²) < 4.78 is 23.3. The molecule has 2 aromatic carbocycles. The Labute approximate surface area is 170 Å². The molecule has 0 bridgehead atoms. The van der Waals surface area contributed by atoms with Crippen LogP contribution in [0.4, 0.5) is 0 Å². The van der Waals surface area contributed by atoms with E-state index in [1.54, 1.807) is 30.3 Å². The number of ketones is 1. The van der Waals surface area contributed by atoms with Crippen LogP contribution >= 0.6 is 15.9 Å². The first-order valence-electron chi connectivity index (χ1n) is 8.77. The quantitative estimate of drug-likeness (QED) is 0.385. The molecule has 3 aromatic rings. The molecule has 4 rings (SSSR count). The van der Waals surface area contributed by atoms with Gasteiger partial charge in [-0.2, -0.15) is 0 Å². The number of hydrogen-bond acceptors (Lipinski definition) is 5. The number of rotatable bonds is 6. The van der Waals surface area contributed by atoms with Crippen molar-refractivity contribution in [3.05, 3.63) is 82.2 Å². The lowest BCUT2D eigenvalue weighted by Crippen LogP contribution is -2.15. The number of ether oxygens (including phenoxy) is 3. The summed E-state index contributed by atoms with van der Waals surface area (Å²) in [7, 11) is 0. The van der Waals surface area contributed by atoms with Gasteiger partial charge in [-0.15, -0.1) is 0 Å². The molecule has 0 saturated carbocycles. The van der Waals surface area contributed by atoms with Crippen LogP contribution in [-0.4, -0.2) is 19.0 Å². The molecule has 1 aliphatic rings. The Balaban J connectivity index is 1.38. The van der Waals surface area contributed by atoms with E-state index in [2.05, 4.69) is 15.9 Å². The molecule has 142 valence electrons. The van der Waals surface area contributed by atoms with E-state index >= 15 is 0 Å². The van der Waals surface area contributed by atoms with Crippen LogP contribution in [0.2, 0.25) is 0 Å². The molecule has 0 N–H and O–H groups in total. The topological polar surface area (TPSA) is 57.9 Å². The second-order valence-electron chi connectivity index (χ2n) is 6.08. The summed E-state index contributed by atoms with van der Waals surface area (Å²) in [6.45, 7) is 1.30. The van der Waals surface area contributed by atoms with Crippen LogP contribution in [0.15, 0.2) is 69.6 Å². The van der Waals surface area contributed by atoms with Gasteiger partial charge in [-0.25, -0.2) is 0 Å². The van der Waals surface area contributed by atoms with Crippen molar-refractivity contribution < 1.29 is 23.4 Å². The molecule has 2 heterocycles. The van der Waals surface area contributed by atoms with Crippen molar-refractivity contribution in [3.63, 3.8) is 0 Å². The van der Waals surface area contributed by atoms with Crippen LogP contribution < -0.4 is 14.2 Å². The van der Waals surface area contributed by atoms with Crippen LogP contribution in [0.3, 0.4) is 0 Å². The number of hydrogen-bond donors (Lipinski definition) is 0. The molecule has 6 heteroatoms. The van der Waals surface area contributed by atoms with E-state index in [1.807, 2.05) is 30.3 Å². The van der Waals surface area contributed by atoms with Crippen LogP contribution in [0.25, 0.3) is 6.08 Å². The minimum absolute atomic E-state index is 0.139. The van der Waals surface area contributed by atoms with Crippen molar-refractivity contribution in [2.45, 2.75) is 6.61 Å². The van der Waals surface area contributed by atoms with Gasteiger partial charge in [0.1, 0.15) is 37.1 Å². The first-order chi connectivity index (χ1) is 13.7. The van der Waals surface area contributed by atoms with E-state index in [1.165, 1.54) is 6.08 Å². The number of benzene rings is 2. The molecule has 0 aliphatic carbocycles. The smallest absolute Gasteiger partial charge is 0.186 e. The standard InChI is InChI=1S/C22H17BrO5/c23-18-3-1-2-4-20(18)27-14-17-7-6-16(28-17)8-9-19(24)15-5-10-21-22(13-15)26-12-11-25-21/h1-10,13H,11-12,14H2/b9-8+. The normalized spacial score (nSPS) is 12.9. The molecular formula is C22H17BrO5. The maximum absolute atomic E-state index is 12.4. The monoisotopic (exact) mass is 440 g/mol. The fourth-order valence-corrected chi connectivity index (χ4v) is 3.12. The highest BCUT2D eigenvalue weighted by molar-refractivity contribution is 9.10. The van der Waals surface area contributed by atoms with Crippen LogP contribution in [0, 0.1) is 0 Å². The lowest BCUT2D eigenvalue weighted by Gasteiger charge is -2.18. The predicted molar refractivity (Wildman–Crippen MR) is 108 cm³/mol. The molecule has 0 atom stereocenters. The molecule has 0 unspecified atom stereocenters. The van der Waals surface area contributed by atoms with E-state index in [9.17, 15) is 4.79 Å². The van der Waals surface area contributed by atoms with Crippen molar-refractivity contribution in [3.8, 4) is 17.2 Å². The third kappa shape index (κ3) is 4.28.